The van der Waals surface area contributed by atoms with Gasteiger partial charge in [0.25, 0.3) is 17.4 Å². The van der Waals surface area contributed by atoms with Crippen molar-refractivity contribution in [1.82, 2.24) is 14.5 Å². The third-order valence-electron chi connectivity index (χ3n) is 4.00. The predicted octanol–water partition coefficient (Wildman–Crippen LogP) is 0.507. The molecule has 1 N–H and O–H groups in total. The van der Waals surface area contributed by atoms with E-state index in [1.807, 2.05) is 0 Å². The van der Waals surface area contributed by atoms with Crippen LogP contribution in [-0.4, -0.2) is 39.9 Å². The highest BCUT2D eigenvalue weighted by atomic mass is 19.1. The summed E-state index contributed by atoms with van der Waals surface area (Å²) in [5, 5.41) is 0. The molecule has 25 heavy (non-hydrogen) atoms. The molecule has 0 saturated carbocycles. The summed E-state index contributed by atoms with van der Waals surface area (Å²) in [5.41, 5.74) is -1.40. The molecule has 0 saturated heterocycles. The van der Waals surface area contributed by atoms with Gasteiger partial charge < -0.3 is 9.72 Å². The number of ether oxygens (including phenoxy) is 1. The minimum atomic E-state index is -1.14. The number of imide groups is 1. The van der Waals surface area contributed by atoms with E-state index in [1.165, 1.54) is 7.11 Å². The minimum absolute atomic E-state index is 0.0472. The summed E-state index contributed by atoms with van der Waals surface area (Å²) < 4.78 is 19.1. The molecule has 1 aliphatic heterocycles. The van der Waals surface area contributed by atoms with E-state index in [9.17, 15) is 23.6 Å². The Labute approximate surface area is 140 Å². The first-order valence-corrected chi connectivity index (χ1v) is 7.43. The summed E-state index contributed by atoms with van der Waals surface area (Å²) in [6.45, 7) is -0.0900. The zero-order valence-electron chi connectivity index (χ0n) is 13.2. The number of amides is 2. The number of fused-ring (bicyclic) bond motifs is 1. The smallest absolute Gasteiger partial charge is 0.330 e. The lowest BCUT2D eigenvalue weighted by atomic mass is 10.1. The molecule has 1 aromatic carbocycles. The molecular weight excluding hydrogens is 333 g/mol. The molecule has 0 spiro atoms. The number of benzene rings is 1. The third kappa shape index (κ3) is 2.78. The second-order valence-electron chi connectivity index (χ2n) is 5.40. The van der Waals surface area contributed by atoms with Gasteiger partial charge in [-0.2, -0.15) is 4.39 Å². The van der Waals surface area contributed by atoms with Crippen molar-refractivity contribution in [3.05, 3.63) is 68.2 Å². The highest BCUT2D eigenvalue weighted by Crippen LogP contribution is 2.23. The molecule has 2 heterocycles. The maximum Gasteiger partial charge on any atom is 0.330 e. The van der Waals surface area contributed by atoms with Gasteiger partial charge in [0, 0.05) is 26.3 Å². The van der Waals surface area contributed by atoms with Crippen LogP contribution in [0.5, 0.6) is 0 Å². The van der Waals surface area contributed by atoms with Gasteiger partial charge in [-0.05, 0) is 12.1 Å². The molecule has 0 radical (unpaired) electrons. The molecule has 1 aliphatic rings. The van der Waals surface area contributed by atoms with E-state index in [-0.39, 0.29) is 13.0 Å². The summed E-state index contributed by atoms with van der Waals surface area (Å²) in [7, 11) is 1.24. The van der Waals surface area contributed by atoms with Crippen LogP contribution < -0.4 is 11.2 Å². The topological polar surface area (TPSA) is 101 Å². The van der Waals surface area contributed by atoms with Crippen molar-refractivity contribution >= 4 is 11.8 Å². The highest BCUT2D eigenvalue weighted by Gasteiger charge is 2.35. The Bertz CT molecular complexity index is 930. The first-order valence-electron chi connectivity index (χ1n) is 7.43. The average molecular weight is 347 g/mol. The number of carbonyl (C=O) groups is 2. The number of aromatic amines is 1. The van der Waals surface area contributed by atoms with Crippen LogP contribution >= 0.6 is 0 Å². The van der Waals surface area contributed by atoms with Gasteiger partial charge in [-0.25, -0.2) is 9.36 Å². The molecule has 0 fully saturated rings. The van der Waals surface area contributed by atoms with Gasteiger partial charge in [0.15, 0.2) is 0 Å². The molecule has 8 nitrogen and oxygen atoms in total. The Kier molecular flexibility index (Phi) is 4.32. The number of carbonyl (C=O) groups excluding carboxylic acids is 2. The number of H-pyrrole nitrogens is 1. The number of hydrogen-bond donors (Lipinski definition) is 1. The first-order chi connectivity index (χ1) is 12.0. The molecule has 130 valence electrons. The van der Waals surface area contributed by atoms with Crippen molar-refractivity contribution in [1.29, 1.82) is 0 Å². The number of nitrogens with zero attached hydrogens (tertiary/aromatic N) is 2. The van der Waals surface area contributed by atoms with Gasteiger partial charge in [0.1, 0.15) is 6.23 Å². The molecule has 1 atom stereocenters. The van der Waals surface area contributed by atoms with E-state index >= 15 is 0 Å². The van der Waals surface area contributed by atoms with Gasteiger partial charge >= 0.3 is 5.69 Å². The lowest BCUT2D eigenvalue weighted by Gasteiger charge is -2.20. The molecular formula is C16H14FN3O5. The minimum Gasteiger partial charge on any atom is -0.361 e. The number of aromatic nitrogens is 2. The lowest BCUT2D eigenvalue weighted by molar-refractivity contribution is 0.0214. The number of nitrogens with one attached hydrogen (secondary N) is 1. The van der Waals surface area contributed by atoms with Crippen LogP contribution in [0.4, 0.5) is 4.39 Å². The Morgan fingerprint density at radius 3 is 2.28 bits per heavy atom. The fourth-order valence-corrected chi connectivity index (χ4v) is 2.76. The third-order valence-corrected chi connectivity index (χ3v) is 4.00. The van der Waals surface area contributed by atoms with E-state index in [0.29, 0.717) is 21.9 Å². The monoisotopic (exact) mass is 347 g/mol. The molecule has 0 aliphatic carbocycles. The maximum absolute atomic E-state index is 13.4. The van der Waals surface area contributed by atoms with Crippen LogP contribution in [0.3, 0.4) is 0 Å². The van der Waals surface area contributed by atoms with Crippen molar-refractivity contribution in [3.63, 3.8) is 0 Å². The highest BCUT2D eigenvalue weighted by molar-refractivity contribution is 6.21. The van der Waals surface area contributed by atoms with Crippen molar-refractivity contribution in [2.75, 3.05) is 13.7 Å². The Balaban J connectivity index is 1.83. The average Bonchev–Trinajstić information content (AvgIpc) is 2.86. The fourth-order valence-electron chi connectivity index (χ4n) is 2.76. The number of halogens is 1. The summed E-state index contributed by atoms with van der Waals surface area (Å²) >= 11 is 0. The van der Waals surface area contributed by atoms with Gasteiger partial charge in [-0.15, -0.1) is 0 Å². The summed E-state index contributed by atoms with van der Waals surface area (Å²) in [4.78, 5) is 51.3. The van der Waals surface area contributed by atoms with E-state index in [2.05, 4.69) is 4.98 Å². The van der Waals surface area contributed by atoms with E-state index in [0.717, 1.165) is 4.90 Å². The number of rotatable bonds is 5. The van der Waals surface area contributed by atoms with Crippen LogP contribution in [0.25, 0.3) is 0 Å². The molecule has 9 heteroatoms. The predicted molar refractivity (Wildman–Crippen MR) is 83.8 cm³/mol. The molecule has 3 rings (SSSR count). The van der Waals surface area contributed by atoms with Gasteiger partial charge in [-0.3, -0.25) is 19.3 Å². The Hall–Kier alpha value is -3.07. The van der Waals surface area contributed by atoms with E-state index < -0.39 is 35.1 Å². The van der Waals surface area contributed by atoms with Crippen molar-refractivity contribution < 1.29 is 18.7 Å². The largest absolute Gasteiger partial charge is 0.361 e. The van der Waals surface area contributed by atoms with Gasteiger partial charge in [0.05, 0.1) is 11.1 Å². The van der Waals surface area contributed by atoms with Crippen LogP contribution in [0.2, 0.25) is 0 Å². The molecule has 2 amide bonds. The lowest BCUT2D eigenvalue weighted by Crippen LogP contribution is -2.41. The zero-order valence-corrected chi connectivity index (χ0v) is 13.2. The first kappa shape index (κ1) is 16.8. The normalized spacial score (nSPS) is 14.7. The summed E-state index contributed by atoms with van der Waals surface area (Å²) in [5.74, 6) is -2.06. The van der Waals surface area contributed by atoms with Gasteiger partial charge in [-0.1, -0.05) is 12.1 Å². The zero-order chi connectivity index (χ0) is 18.1. The van der Waals surface area contributed by atoms with Crippen molar-refractivity contribution in [3.8, 4) is 0 Å². The standard InChI is InChI=1S/C16H14FN3O5/c1-25-12(20-15(23)11(17)8-18-16(20)24)6-7-19-13(21)9-4-2-3-5-10(9)14(19)22/h2-5,8,12H,6-7H2,1H3,(H,18,24). The van der Waals surface area contributed by atoms with Crippen LogP contribution in [0, 0.1) is 5.82 Å². The summed E-state index contributed by atoms with van der Waals surface area (Å²) in [6.07, 6.45) is -0.511. The van der Waals surface area contributed by atoms with Crippen LogP contribution in [-0.2, 0) is 4.74 Å². The molecule has 1 unspecified atom stereocenters. The Morgan fingerprint density at radius 2 is 1.72 bits per heavy atom. The van der Waals surface area contributed by atoms with Crippen molar-refractivity contribution in [2.24, 2.45) is 0 Å². The second kappa shape index (κ2) is 6.44. The molecule has 1 aromatic heterocycles. The molecule has 0 bridgehead atoms. The van der Waals surface area contributed by atoms with Crippen LogP contribution in [0.15, 0.2) is 40.1 Å². The quantitative estimate of drug-likeness (QED) is 0.794. The SMILES string of the molecule is COC(CCN1C(=O)c2ccccc2C1=O)n1c(=O)[nH]cc(F)c1=O. The number of methoxy groups -OCH3 is 1. The second-order valence-corrected chi connectivity index (χ2v) is 5.40. The summed E-state index contributed by atoms with van der Waals surface area (Å²) in [6, 6.07) is 6.39. The van der Waals surface area contributed by atoms with E-state index in [1.54, 1.807) is 24.3 Å². The molecule has 2 aromatic rings. The Morgan fingerprint density at radius 1 is 1.12 bits per heavy atom. The van der Waals surface area contributed by atoms with Crippen LogP contribution in [0.1, 0.15) is 33.4 Å². The van der Waals surface area contributed by atoms with Crippen molar-refractivity contribution in [2.45, 2.75) is 12.6 Å². The van der Waals surface area contributed by atoms with Gasteiger partial charge in [0.2, 0.25) is 5.82 Å². The number of hydrogen-bond acceptors (Lipinski definition) is 5. The maximum atomic E-state index is 13.4. The fraction of sp³-hybridized carbons (Fsp3) is 0.250. The van der Waals surface area contributed by atoms with E-state index in [4.69, 9.17) is 4.74 Å².